The number of ether oxygens (including phenoxy) is 1. The van der Waals surface area contributed by atoms with Crippen LogP contribution in [0.1, 0.15) is 38.2 Å². The molecule has 0 radical (unpaired) electrons. The van der Waals surface area contributed by atoms with E-state index >= 15 is 0 Å². The number of hydrogen-bond donors (Lipinski definition) is 1. The molecule has 1 N–H and O–H groups in total. The van der Waals surface area contributed by atoms with Crippen molar-refractivity contribution in [1.82, 2.24) is 0 Å². The molecule has 0 unspecified atom stereocenters. The van der Waals surface area contributed by atoms with Crippen LogP contribution in [0.5, 0.6) is 11.5 Å². The number of unbranched alkanes of at least 4 members (excludes halogenated alkanes) is 3. The minimum absolute atomic E-state index is 0.0330. The third kappa shape index (κ3) is 5.37. The van der Waals surface area contributed by atoms with Gasteiger partial charge in [-0.05, 0) is 48.7 Å². The van der Waals surface area contributed by atoms with Crippen LogP contribution >= 0.6 is 0 Å². The Hall–Kier alpha value is -1.85. The Morgan fingerprint density at radius 3 is 2.35 bits per heavy atom. The van der Waals surface area contributed by atoms with Crippen LogP contribution < -0.4 is 4.74 Å². The number of benzene rings is 2. The minimum atomic E-state index is -4.22. The van der Waals surface area contributed by atoms with E-state index in [9.17, 15) is 13.0 Å². The molecular weight excluding hydrogens is 312 g/mol. The zero-order valence-corrected chi connectivity index (χ0v) is 14.1. The Morgan fingerprint density at radius 1 is 0.957 bits per heavy atom. The van der Waals surface area contributed by atoms with E-state index in [1.165, 1.54) is 6.07 Å². The highest BCUT2D eigenvalue weighted by molar-refractivity contribution is 7.85. The van der Waals surface area contributed by atoms with E-state index in [1.54, 1.807) is 12.1 Å². The van der Waals surface area contributed by atoms with E-state index in [-0.39, 0.29) is 4.90 Å². The van der Waals surface area contributed by atoms with Crippen LogP contribution in [-0.2, 0) is 16.5 Å². The standard InChI is InChI=1S/C18H22O4S/c1-2-3-4-6-9-15-14-17(12-13-18(15)23(19,20)21)22-16-10-7-5-8-11-16/h5,7-8,10-14H,2-4,6,9H2,1H3,(H,19,20,21). The van der Waals surface area contributed by atoms with Crippen molar-refractivity contribution in [3.8, 4) is 11.5 Å². The summed E-state index contributed by atoms with van der Waals surface area (Å²) in [5.41, 5.74) is 0.594. The molecule has 0 aliphatic carbocycles. The molecule has 0 atom stereocenters. The van der Waals surface area contributed by atoms with Gasteiger partial charge >= 0.3 is 0 Å². The van der Waals surface area contributed by atoms with Gasteiger partial charge in [-0.3, -0.25) is 4.55 Å². The summed E-state index contributed by atoms with van der Waals surface area (Å²) in [6.45, 7) is 2.12. The van der Waals surface area contributed by atoms with E-state index in [4.69, 9.17) is 4.74 Å². The van der Waals surface area contributed by atoms with Crippen LogP contribution in [0.25, 0.3) is 0 Å². The molecule has 23 heavy (non-hydrogen) atoms. The first-order valence-electron chi connectivity index (χ1n) is 7.84. The SMILES string of the molecule is CCCCCCc1cc(Oc2ccccc2)ccc1S(=O)(=O)O. The van der Waals surface area contributed by atoms with Gasteiger partial charge in [-0.1, -0.05) is 44.4 Å². The fraction of sp³-hybridized carbons (Fsp3) is 0.333. The van der Waals surface area contributed by atoms with Crippen molar-refractivity contribution >= 4 is 10.1 Å². The molecular formula is C18H22O4S. The van der Waals surface area contributed by atoms with E-state index in [2.05, 4.69) is 6.92 Å². The van der Waals surface area contributed by atoms with Crippen LogP contribution in [0.3, 0.4) is 0 Å². The Bertz CT molecular complexity index is 724. The van der Waals surface area contributed by atoms with Crippen molar-refractivity contribution in [2.75, 3.05) is 0 Å². The van der Waals surface area contributed by atoms with E-state index in [0.717, 1.165) is 25.7 Å². The molecule has 0 aliphatic rings. The molecule has 124 valence electrons. The molecule has 0 aliphatic heterocycles. The lowest BCUT2D eigenvalue weighted by Crippen LogP contribution is -2.04. The average Bonchev–Trinajstić information content (AvgIpc) is 2.52. The molecule has 0 aromatic heterocycles. The van der Waals surface area contributed by atoms with Gasteiger partial charge in [-0.25, -0.2) is 0 Å². The smallest absolute Gasteiger partial charge is 0.294 e. The molecule has 0 saturated heterocycles. The summed E-state index contributed by atoms with van der Waals surface area (Å²) in [6, 6.07) is 14.0. The normalized spacial score (nSPS) is 11.4. The van der Waals surface area contributed by atoms with Gasteiger partial charge in [0, 0.05) is 0 Å². The number of para-hydroxylation sites is 1. The van der Waals surface area contributed by atoms with E-state index < -0.39 is 10.1 Å². The lowest BCUT2D eigenvalue weighted by molar-refractivity contribution is 0.475. The number of hydrogen-bond acceptors (Lipinski definition) is 3. The second-order valence-electron chi connectivity index (χ2n) is 5.47. The summed E-state index contributed by atoms with van der Waals surface area (Å²) in [7, 11) is -4.22. The fourth-order valence-corrected chi connectivity index (χ4v) is 3.17. The zero-order chi connectivity index (χ0) is 16.7. The van der Waals surface area contributed by atoms with Gasteiger partial charge in [0.15, 0.2) is 0 Å². The predicted octanol–water partition coefficient (Wildman–Crippen LogP) is 4.85. The van der Waals surface area contributed by atoms with Crippen molar-refractivity contribution in [2.24, 2.45) is 0 Å². The quantitative estimate of drug-likeness (QED) is 0.554. The average molecular weight is 334 g/mol. The van der Waals surface area contributed by atoms with E-state index in [0.29, 0.717) is 23.5 Å². The summed E-state index contributed by atoms with van der Waals surface area (Å²) in [5, 5.41) is 0. The monoisotopic (exact) mass is 334 g/mol. The summed E-state index contributed by atoms with van der Waals surface area (Å²) in [4.78, 5) is -0.0330. The number of aryl methyl sites for hydroxylation is 1. The lowest BCUT2D eigenvalue weighted by atomic mass is 10.1. The van der Waals surface area contributed by atoms with Gasteiger partial charge in [0.1, 0.15) is 11.5 Å². The molecule has 5 heteroatoms. The minimum Gasteiger partial charge on any atom is -0.457 e. The lowest BCUT2D eigenvalue weighted by Gasteiger charge is -2.11. The maximum absolute atomic E-state index is 11.5. The Morgan fingerprint density at radius 2 is 1.70 bits per heavy atom. The van der Waals surface area contributed by atoms with Crippen molar-refractivity contribution < 1.29 is 17.7 Å². The second-order valence-corrected chi connectivity index (χ2v) is 6.86. The highest BCUT2D eigenvalue weighted by Crippen LogP contribution is 2.27. The van der Waals surface area contributed by atoms with Crippen molar-refractivity contribution in [2.45, 2.75) is 43.9 Å². The predicted molar refractivity (Wildman–Crippen MR) is 90.6 cm³/mol. The molecule has 0 fully saturated rings. The van der Waals surface area contributed by atoms with Crippen LogP contribution in [0.2, 0.25) is 0 Å². The van der Waals surface area contributed by atoms with Crippen molar-refractivity contribution in [3.63, 3.8) is 0 Å². The first-order valence-corrected chi connectivity index (χ1v) is 9.28. The van der Waals surface area contributed by atoms with Crippen LogP contribution in [-0.4, -0.2) is 13.0 Å². The number of rotatable bonds is 8. The van der Waals surface area contributed by atoms with E-state index in [1.807, 2.05) is 30.3 Å². The third-order valence-electron chi connectivity index (χ3n) is 3.59. The summed E-state index contributed by atoms with van der Waals surface area (Å²) in [5.74, 6) is 1.25. The van der Waals surface area contributed by atoms with Crippen molar-refractivity contribution in [3.05, 3.63) is 54.1 Å². The molecule has 0 saturated carbocycles. The Labute approximate surface area is 137 Å². The summed E-state index contributed by atoms with van der Waals surface area (Å²) in [6.07, 6.45) is 4.74. The largest absolute Gasteiger partial charge is 0.457 e. The van der Waals surface area contributed by atoms with Gasteiger partial charge in [-0.2, -0.15) is 8.42 Å². The van der Waals surface area contributed by atoms with Crippen molar-refractivity contribution in [1.29, 1.82) is 0 Å². The summed E-state index contributed by atoms with van der Waals surface area (Å²) >= 11 is 0. The second kappa shape index (κ2) is 8.13. The molecule has 0 heterocycles. The van der Waals surface area contributed by atoms with Crippen LogP contribution in [0.15, 0.2) is 53.4 Å². The maximum Gasteiger partial charge on any atom is 0.294 e. The maximum atomic E-state index is 11.5. The molecule has 2 rings (SSSR count). The van der Waals surface area contributed by atoms with Crippen LogP contribution in [0, 0.1) is 0 Å². The first kappa shape index (κ1) is 17.5. The van der Waals surface area contributed by atoms with Crippen LogP contribution in [0.4, 0.5) is 0 Å². The molecule has 0 amide bonds. The third-order valence-corrected chi connectivity index (χ3v) is 4.54. The highest BCUT2D eigenvalue weighted by atomic mass is 32.2. The van der Waals surface area contributed by atoms with Gasteiger partial charge < -0.3 is 4.74 Å². The molecule has 2 aromatic rings. The van der Waals surface area contributed by atoms with Gasteiger partial charge in [0.2, 0.25) is 0 Å². The first-order chi connectivity index (χ1) is 11.0. The Kier molecular flexibility index (Phi) is 6.19. The van der Waals surface area contributed by atoms with Gasteiger partial charge in [-0.15, -0.1) is 0 Å². The zero-order valence-electron chi connectivity index (χ0n) is 13.2. The van der Waals surface area contributed by atoms with Gasteiger partial charge in [0.25, 0.3) is 10.1 Å². The van der Waals surface area contributed by atoms with Gasteiger partial charge in [0.05, 0.1) is 4.90 Å². The fourth-order valence-electron chi connectivity index (χ4n) is 2.43. The molecule has 0 spiro atoms. The molecule has 2 aromatic carbocycles. The Balaban J connectivity index is 2.22. The molecule has 4 nitrogen and oxygen atoms in total. The highest BCUT2D eigenvalue weighted by Gasteiger charge is 2.16. The summed E-state index contributed by atoms with van der Waals surface area (Å²) < 4.78 is 38.2. The topological polar surface area (TPSA) is 63.6 Å². The molecule has 0 bridgehead atoms.